The Morgan fingerprint density at radius 1 is 0.917 bits per heavy atom. The summed E-state index contributed by atoms with van der Waals surface area (Å²) in [6.45, 7) is 0. The summed E-state index contributed by atoms with van der Waals surface area (Å²) in [7, 11) is 0. The fourth-order valence-electron chi connectivity index (χ4n) is 1.66. The lowest BCUT2D eigenvalue weighted by Gasteiger charge is -2.09. The number of halogens is 5. The molecule has 24 heavy (non-hydrogen) atoms. The molecule has 0 amide bonds. The average Bonchev–Trinajstić information content (AvgIpc) is 2.53. The zero-order valence-corrected chi connectivity index (χ0v) is 12.0. The van der Waals surface area contributed by atoms with Gasteiger partial charge in [-0.05, 0) is 18.2 Å². The van der Waals surface area contributed by atoms with Crippen molar-refractivity contribution in [3.8, 4) is 11.5 Å². The standard InChI is InChI=1S/C14H5ClF4O5/c15-4-1-2-6(20)5(3-4)13(22)24-14(23)7-8(16)10(18)12(21)11(19)9(7)17/h1-3,20-21H. The molecule has 0 saturated heterocycles. The van der Waals surface area contributed by atoms with Crippen molar-refractivity contribution in [2.24, 2.45) is 0 Å². The lowest BCUT2D eigenvalue weighted by Crippen LogP contribution is -2.18. The van der Waals surface area contributed by atoms with E-state index in [2.05, 4.69) is 4.74 Å². The van der Waals surface area contributed by atoms with Crippen LogP contribution in [0.1, 0.15) is 20.7 Å². The fraction of sp³-hybridized carbons (Fsp3) is 0. The molecule has 10 heteroatoms. The minimum absolute atomic E-state index is 0.0358. The predicted molar refractivity (Wildman–Crippen MR) is 70.8 cm³/mol. The summed E-state index contributed by atoms with van der Waals surface area (Å²) < 4.78 is 57.5. The van der Waals surface area contributed by atoms with Gasteiger partial charge in [0.2, 0.25) is 11.6 Å². The lowest BCUT2D eigenvalue weighted by atomic mass is 10.1. The molecule has 126 valence electrons. The first-order chi connectivity index (χ1) is 11.1. The Morgan fingerprint density at radius 3 is 2.00 bits per heavy atom. The Kier molecular flexibility index (Phi) is 4.65. The van der Waals surface area contributed by atoms with E-state index in [1.807, 2.05) is 0 Å². The first kappa shape index (κ1) is 17.5. The number of hydrogen-bond acceptors (Lipinski definition) is 5. The molecule has 2 aromatic rings. The minimum atomic E-state index is -2.25. The zero-order chi connectivity index (χ0) is 18.2. The summed E-state index contributed by atoms with van der Waals surface area (Å²) in [6.07, 6.45) is 0. The molecular formula is C14H5ClF4O5. The van der Waals surface area contributed by atoms with Gasteiger partial charge in [0.15, 0.2) is 17.4 Å². The summed E-state index contributed by atoms with van der Waals surface area (Å²) >= 11 is 5.57. The highest BCUT2D eigenvalue weighted by Gasteiger charge is 2.32. The number of aromatic hydroxyl groups is 2. The Morgan fingerprint density at radius 2 is 1.46 bits per heavy atom. The highest BCUT2D eigenvalue weighted by atomic mass is 35.5. The summed E-state index contributed by atoms with van der Waals surface area (Å²) in [5.41, 5.74) is -2.49. The van der Waals surface area contributed by atoms with E-state index < -0.39 is 57.8 Å². The van der Waals surface area contributed by atoms with Gasteiger partial charge in [0.25, 0.3) is 0 Å². The van der Waals surface area contributed by atoms with Crippen LogP contribution < -0.4 is 0 Å². The van der Waals surface area contributed by atoms with E-state index in [1.165, 1.54) is 6.07 Å². The topological polar surface area (TPSA) is 83.8 Å². The Balaban J connectivity index is 2.41. The third-order valence-corrected chi connectivity index (χ3v) is 3.04. The van der Waals surface area contributed by atoms with Gasteiger partial charge in [-0.1, -0.05) is 11.6 Å². The van der Waals surface area contributed by atoms with Crippen LogP contribution in [0.5, 0.6) is 11.5 Å². The molecule has 2 rings (SSSR count). The van der Waals surface area contributed by atoms with Crippen LogP contribution in [0, 0.1) is 23.3 Å². The first-order valence-electron chi connectivity index (χ1n) is 5.95. The number of carbonyl (C=O) groups is 2. The van der Waals surface area contributed by atoms with Crippen LogP contribution in [0.4, 0.5) is 17.6 Å². The molecule has 0 aliphatic heterocycles. The Labute approximate surface area is 135 Å². The van der Waals surface area contributed by atoms with Crippen molar-refractivity contribution < 1.29 is 42.1 Å². The molecule has 0 aliphatic rings. The largest absolute Gasteiger partial charge is 0.507 e. The van der Waals surface area contributed by atoms with E-state index in [4.69, 9.17) is 16.7 Å². The molecule has 2 aromatic carbocycles. The van der Waals surface area contributed by atoms with E-state index in [-0.39, 0.29) is 5.02 Å². The van der Waals surface area contributed by atoms with Gasteiger partial charge < -0.3 is 14.9 Å². The number of ether oxygens (including phenoxy) is 1. The Hall–Kier alpha value is -2.81. The molecule has 0 spiro atoms. The van der Waals surface area contributed by atoms with Crippen LogP contribution >= 0.6 is 11.6 Å². The molecule has 0 fully saturated rings. The number of phenolic OH excluding ortho intramolecular Hbond substituents is 2. The number of esters is 2. The van der Waals surface area contributed by atoms with Gasteiger partial charge in [-0.25, -0.2) is 18.4 Å². The smallest absolute Gasteiger partial charge is 0.352 e. The summed E-state index contributed by atoms with van der Waals surface area (Å²) in [4.78, 5) is 23.3. The number of hydrogen-bond donors (Lipinski definition) is 2. The van der Waals surface area contributed by atoms with Crippen LogP contribution in [0.2, 0.25) is 5.02 Å². The van der Waals surface area contributed by atoms with Crippen LogP contribution in [0.15, 0.2) is 18.2 Å². The third-order valence-electron chi connectivity index (χ3n) is 2.81. The fourth-order valence-corrected chi connectivity index (χ4v) is 1.83. The molecule has 0 radical (unpaired) electrons. The first-order valence-corrected chi connectivity index (χ1v) is 6.32. The van der Waals surface area contributed by atoms with Crippen LogP contribution in [0.3, 0.4) is 0 Å². The van der Waals surface area contributed by atoms with Crippen molar-refractivity contribution in [3.05, 3.63) is 57.6 Å². The van der Waals surface area contributed by atoms with Gasteiger partial charge >= 0.3 is 11.9 Å². The summed E-state index contributed by atoms with van der Waals surface area (Å²) in [6, 6.07) is 3.06. The van der Waals surface area contributed by atoms with E-state index in [1.54, 1.807) is 0 Å². The molecular weight excluding hydrogens is 360 g/mol. The highest BCUT2D eigenvalue weighted by molar-refractivity contribution is 6.31. The van der Waals surface area contributed by atoms with Gasteiger partial charge in [-0.2, -0.15) is 8.78 Å². The third kappa shape index (κ3) is 2.98. The average molecular weight is 365 g/mol. The maximum Gasteiger partial charge on any atom is 0.352 e. The summed E-state index contributed by atoms with van der Waals surface area (Å²) in [5, 5.41) is 18.2. The van der Waals surface area contributed by atoms with E-state index in [0.29, 0.717) is 0 Å². The van der Waals surface area contributed by atoms with E-state index >= 15 is 0 Å². The zero-order valence-electron chi connectivity index (χ0n) is 11.2. The molecule has 0 unspecified atom stereocenters. The van der Waals surface area contributed by atoms with E-state index in [0.717, 1.165) is 12.1 Å². The Bertz CT molecular complexity index is 840. The maximum atomic E-state index is 13.5. The van der Waals surface area contributed by atoms with E-state index in [9.17, 15) is 32.3 Å². The van der Waals surface area contributed by atoms with Crippen LogP contribution in [0.25, 0.3) is 0 Å². The number of phenols is 2. The number of carbonyl (C=O) groups excluding carboxylic acids is 2. The second-order valence-electron chi connectivity index (χ2n) is 4.32. The quantitative estimate of drug-likeness (QED) is 0.370. The van der Waals surface area contributed by atoms with Crippen molar-refractivity contribution in [2.75, 3.05) is 0 Å². The monoisotopic (exact) mass is 364 g/mol. The maximum absolute atomic E-state index is 13.5. The normalized spacial score (nSPS) is 10.5. The summed E-state index contributed by atoms with van der Waals surface area (Å²) in [5.74, 6) is -15.3. The van der Waals surface area contributed by atoms with Gasteiger partial charge in [0.1, 0.15) is 16.9 Å². The number of benzene rings is 2. The van der Waals surface area contributed by atoms with Crippen molar-refractivity contribution in [2.45, 2.75) is 0 Å². The van der Waals surface area contributed by atoms with Crippen molar-refractivity contribution in [1.82, 2.24) is 0 Å². The van der Waals surface area contributed by atoms with Crippen LogP contribution in [-0.4, -0.2) is 22.2 Å². The van der Waals surface area contributed by atoms with Crippen molar-refractivity contribution >= 4 is 23.5 Å². The second-order valence-corrected chi connectivity index (χ2v) is 4.75. The minimum Gasteiger partial charge on any atom is -0.507 e. The van der Waals surface area contributed by atoms with Gasteiger partial charge in [0, 0.05) is 5.02 Å². The lowest BCUT2D eigenvalue weighted by molar-refractivity contribution is 0.0388. The molecule has 0 atom stereocenters. The molecule has 0 aliphatic carbocycles. The van der Waals surface area contributed by atoms with Crippen molar-refractivity contribution in [3.63, 3.8) is 0 Å². The molecule has 0 aromatic heterocycles. The molecule has 0 saturated carbocycles. The van der Waals surface area contributed by atoms with Gasteiger partial charge in [-0.15, -0.1) is 0 Å². The molecule has 5 nitrogen and oxygen atoms in total. The SMILES string of the molecule is O=C(OC(=O)c1c(F)c(F)c(O)c(F)c1F)c1cc(Cl)ccc1O. The van der Waals surface area contributed by atoms with Crippen molar-refractivity contribution in [1.29, 1.82) is 0 Å². The highest BCUT2D eigenvalue weighted by Crippen LogP contribution is 2.30. The number of rotatable bonds is 2. The predicted octanol–water partition coefficient (Wildman–Crippen LogP) is 3.30. The molecule has 0 heterocycles. The van der Waals surface area contributed by atoms with Gasteiger partial charge in [-0.3, -0.25) is 0 Å². The van der Waals surface area contributed by atoms with Gasteiger partial charge in [0.05, 0.1) is 0 Å². The molecule has 0 bridgehead atoms. The molecule has 2 N–H and O–H groups in total. The van der Waals surface area contributed by atoms with Crippen LogP contribution in [-0.2, 0) is 4.74 Å². The second kappa shape index (κ2) is 6.36.